The lowest BCUT2D eigenvalue weighted by Crippen LogP contribution is -1.99. The average Bonchev–Trinajstić information content (AvgIpc) is 1.55. The van der Waals surface area contributed by atoms with Gasteiger partial charge in [-0.15, -0.1) is 0 Å². The Morgan fingerprint density at radius 2 is 0.682 bits per heavy atom. The van der Waals surface area contributed by atoms with Crippen molar-refractivity contribution in [1.29, 1.82) is 0 Å². The molecule has 14 rings (SSSR count). The second-order valence-corrected chi connectivity index (χ2v) is 21.0. The van der Waals surface area contributed by atoms with E-state index in [4.69, 9.17) is 4.98 Å². The first-order chi connectivity index (χ1) is 54.2. The van der Waals surface area contributed by atoms with Crippen LogP contribution in [0.2, 0.25) is 0 Å². The van der Waals surface area contributed by atoms with Crippen LogP contribution >= 0.6 is 0 Å². The smallest absolute Gasteiger partial charge is 0.227 e. The molecule has 4 N–H and O–H groups in total. The minimum Gasteiger partial charge on any atom is -0.348 e. The van der Waals surface area contributed by atoms with Crippen LogP contribution in [0.15, 0.2) is 256 Å². The fourth-order valence-electron chi connectivity index (χ4n) is 10.1. The maximum Gasteiger partial charge on any atom is 0.227 e. The number of aryl methyl sites for hydroxylation is 5. The largest absolute Gasteiger partial charge is 0.348 e. The zero-order valence-corrected chi connectivity index (χ0v) is 71.7. The first-order valence-electron chi connectivity index (χ1n) is 40.2. The van der Waals surface area contributed by atoms with Crippen LogP contribution in [0.3, 0.4) is 0 Å². The van der Waals surface area contributed by atoms with Gasteiger partial charge in [-0.25, -0.2) is 39.9 Å². The fourth-order valence-corrected chi connectivity index (χ4v) is 10.1. The SMILES string of the molecule is CC.CC.CC.CC.CC.CC.CC.CC.CC.CC.CC.CCn1ccc2c(-c3ccnc(Nc4cccc(C)c4)n3)cccc21.Cc1cccc(Nc2nccc(-c3cccc4c3C=CC4)n2)c1.Cc1cccc(Nc2nccc(-c3ccccc3)n2)c1.Cc1cccc(Nc2nccc(-c3cccnc3)n2)c1. The van der Waals surface area contributed by atoms with Crippen molar-refractivity contribution in [2.45, 2.75) is 200 Å². The number of hydrogen-bond donors (Lipinski definition) is 4. The van der Waals surface area contributed by atoms with Crippen LogP contribution in [0.25, 0.3) is 62.0 Å². The standard InChI is InChI=1S/C21H20N4.C20H17N3.C17H15N3.C16H14N4.11C2H6/c1-3-25-13-11-18-17(8-5-9-20(18)25)19-10-12-22-21(24-19)23-16-7-4-6-15(2)14-16;1-14-5-2-8-16(13-14)22-20-21-12-11-19(23-20)18-10-4-7-15-6-3-9-17(15)18;1-13-6-5-9-15(12-13)19-17-18-11-10-16(20-17)14-7-3-2-4-8-14;1-12-4-2-6-14(10-12)19-16-18-9-7-15(20-16)13-5-3-8-17-11-13;11*1-2/h4-14H,3H2,1-2H3,(H,22,23,24);2-5,7-13H,6H2,1H3,(H,21,22,23);2-12H,1H3,(H,18,19,20);2-11H,1H3,(H,18,19,20);11*1-2H3. The van der Waals surface area contributed by atoms with Crippen LogP contribution in [-0.4, -0.2) is 49.4 Å². The number of fused-ring (bicyclic) bond motifs is 2. The predicted molar refractivity (Wildman–Crippen MR) is 484 cm³/mol. The van der Waals surface area contributed by atoms with Crippen molar-refractivity contribution in [2.75, 3.05) is 21.3 Å². The molecule has 0 saturated carbocycles. The lowest BCUT2D eigenvalue weighted by atomic mass is 10.0. The van der Waals surface area contributed by atoms with E-state index in [-0.39, 0.29) is 0 Å². The number of anilines is 8. The predicted octanol–water partition coefficient (Wildman–Crippen LogP) is 29.0. The van der Waals surface area contributed by atoms with Gasteiger partial charge in [0.2, 0.25) is 23.8 Å². The Labute approximate surface area is 664 Å². The normalized spacial score (nSPS) is 9.37. The second-order valence-electron chi connectivity index (χ2n) is 21.0. The summed E-state index contributed by atoms with van der Waals surface area (Å²) in [6.45, 7) is 55.4. The summed E-state index contributed by atoms with van der Waals surface area (Å²) in [5.41, 5.74) is 20.6. The molecule has 0 saturated heterocycles. The summed E-state index contributed by atoms with van der Waals surface area (Å²) < 4.78 is 2.24. The first kappa shape index (κ1) is 98.5. The molecular weight excluding hydrogens is 1350 g/mol. The molecule has 13 aromatic rings. The third kappa shape index (κ3) is 33.7. The third-order valence-electron chi connectivity index (χ3n) is 14.3. The van der Waals surface area contributed by atoms with Crippen LogP contribution in [0, 0.1) is 27.7 Å². The van der Waals surface area contributed by atoms with Crippen molar-refractivity contribution in [1.82, 2.24) is 49.4 Å². The molecule has 0 unspecified atom stereocenters. The van der Waals surface area contributed by atoms with Crippen molar-refractivity contribution < 1.29 is 0 Å². The van der Waals surface area contributed by atoms with E-state index in [9.17, 15) is 0 Å². The van der Waals surface area contributed by atoms with E-state index in [0.29, 0.717) is 23.8 Å². The highest BCUT2D eigenvalue weighted by molar-refractivity contribution is 5.94. The van der Waals surface area contributed by atoms with Gasteiger partial charge in [0.05, 0.1) is 22.8 Å². The summed E-state index contributed by atoms with van der Waals surface area (Å²) in [6, 6.07) is 69.2. The summed E-state index contributed by atoms with van der Waals surface area (Å²) in [5, 5.41) is 14.2. The van der Waals surface area contributed by atoms with Crippen molar-refractivity contribution in [3.05, 3.63) is 289 Å². The molecule has 7 aromatic carbocycles. The molecule has 14 heteroatoms. The quantitative estimate of drug-likeness (QED) is 0.0861. The topological polar surface area (TPSA) is 169 Å². The third-order valence-corrected chi connectivity index (χ3v) is 14.3. The van der Waals surface area contributed by atoms with E-state index in [2.05, 4.69) is 210 Å². The van der Waals surface area contributed by atoms with Crippen LogP contribution in [0.4, 0.5) is 46.5 Å². The van der Waals surface area contributed by atoms with E-state index in [1.54, 1.807) is 37.2 Å². The molecule has 0 atom stereocenters. The Balaban J connectivity index is 0.00000133. The van der Waals surface area contributed by atoms with Crippen molar-refractivity contribution in [3.63, 3.8) is 0 Å². The molecule has 14 nitrogen and oxygen atoms in total. The van der Waals surface area contributed by atoms with E-state index in [1.165, 1.54) is 44.3 Å². The average molecular weight is 1480 g/mol. The Morgan fingerprint density at radius 1 is 0.327 bits per heavy atom. The van der Waals surface area contributed by atoms with Crippen LogP contribution in [0.1, 0.15) is 193 Å². The highest BCUT2D eigenvalue weighted by Crippen LogP contribution is 2.32. The molecule has 1 aliphatic carbocycles. The van der Waals surface area contributed by atoms with Crippen molar-refractivity contribution in [2.24, 2.45) is 0 Å². The summed E-state index contributed by atoms with van der Waals surface area (Å²) in [5.74, 6) is 2.41. The van der Waals surface area contributed by atoms with Gasteiger partial charge in [-0.05, 0) is 171 Å². The Bertz CT molecular complexity index is 4370. The molecular formula is C96H132N14. The van der Waals surface area contributed by atoms with Gasteiger partial charge in [0.25, 0.3) is 0 Å². The molecule has 1 aliphatic rings. The summed E-state index contributed by atoms with van der Waals surface area (Å²) in [4.78, 5) is 39.8. The number of nitrogens with zero attached hydrogens (tertiary/aromatic N) is 10. The molecule has 0 amide bonds. The molecule has 0 bridgehead atoms. The molecule has 0 radical (unpaired) electrons. The van der Waals surface area contributed by atoms with Crippen LogP contribution in [0.5, 0.6) is 0 Å². The number of hydrogen-bond acceptors (Lipinski definition) is 13. The van der Waals surface area contributed by atoms with E-state index in [0.717, 1.165) is 80.7 Å². The highest BCUT2D eigenvalue weighted by atomic mass is 15.1. The lowest BCUT2D eigenvalue weighted by Gasteiger charge is -2.10. The Morgan fingerprint density at radius 3 is 1.07 bits per heavy atom. The highest BCUT2D eigenvalue weighted by Gasteiger charge is 2.14. The monoisotopic (exact) mass is 1480 g/mol. The van der Waals surface area contributed by atoms with Gasteiger partial charge in [0.1, 0.15) is 0 Å². The van der Waals surface area contributed by atoms with Crippen LogP contribution in [-0.2, 0) is 13.0 Å². The molecule has 110 heavy (non-hydrogen) atoms. The minimum atomic E-state index is 0.581. The molecule has 6 aromatic heterocycles. The maximum atomic E-state index is 4.72. The van der Waals surface area contributed by atoms with Crippen molar-refractivity contribution >= 4 is 63.5 Å². The Hall–Kier alpha value is -11.5. The molecule has 6 heterocycles. The molecule has 586 valence electrons. The number of nitrogens with one attached hydrogen (secondary N) is 4. The van der Waals surface area contributed by atoms with Gasteiger partial charge < -0.3 is 25.8 Å². The summed E-state index contributed by atoms with van der Waals surface area (Å²) in [7, 11) is 0. The number of pyridine rings is 1. The number of aromatic nitrogens is 10. The maximum absolute atomic E-state index is 4.72. The van der Waals surface area contributed by atoms with Gasteiger partial charge in [-0.1, -0.05) is 274 Å². The minimum absolute atomic E-state index is 0.581. The van der Waals surface area contributed by atoms with Gasteiger partial charge >= 0.3 is 0 Å². The Kier molecular flexibility index (Phi) is 55.1. The van der Waals surface area contributed by atoms with E-state index >= 15 is 0 Å². The summed E-state index contributed by atoms with van der Waals surface area (Å²) >= 11 is 0. The number of rotatable bonds is 13. The van der Waals surface area contributed by atoms with Crippen LogP contribution < -0.4 is 21.3 Å². The van der Waals surface area contributed by atoms with Crippen molar-refractivity contribution in [3.8, 4) is 45.0 Å². The summed E-state index contributed by atoms with van der Waals surface area (Å²) in [6.07, 6.45) is 18.2. The van der Waals surface area contributed by atoms with E-state index in [1.807, 2.05) is 268 Å². The molecule has 0 spiro atoms. The zero-order chi connectivity index (χ0) is 82.4. The van der Waals surface area contributed by atoms with Gasteiger partial charge in [0.15, 0.2) is 0 Å². The molecule has 0 aliphatic heterocycles. The van der Waals surface area contributed by atoms with Gasteiger partial charge in [-0.2, -0.15) is 0 Å². The zero-order valence-electron chi connectivity index (χ0n) is 71.7. The van der Waals surface area contributed by atoms with Gasteiger partial charge in [0, 0.05) is 106 Å². The van der Waals surface area contributed by atoms with Gasteiger partial charge in [-0.3, -0.25) is 4.98 Å². The first-order valence-corrected chi connectivity index (χ1v) is 40.2. The lowest BCUT2D eigenvalue weighted by molar-refractivity contribution is 0.798. The number of allylic oxidation sites excluding steroid dienone is 1. The second kappa shape index (κ2) is 61.5. The molecule has 0 fully saturated rings. The van der Waals surface area contributed by atoms with E-state index < -0.39 is 0 Å². The fraction of sp³-hybridized carbons (Fsp3) is 0.302. The number of benzene rings is 7.